The molecule has 0 saturated carbocycles. The molecule has 0 saturated heterocycles. The number of methoxy groups -OCH3 is 1. The van der Waals surface area contributed by atoms with Crippen LogP contribution in [0.25, 0.3) is 0 Å². The summed E-state index contributed by atoms with van der Waals surface area (Å²) < 4.78 is 5.26. The average Bonchev–Trinajstić information content (AvgIpc) is 2.46. The second-order valence-electron chi connectivity index (χ2n) is 5.36. The summed E-state index contributed by atoms with van der Waals surface area (Å²) in [5, 5.41) is 3.46. The molecule has 0 amide bonds. The number of ether oxygens (including phenoxy) is 1. The van der Waals surface area contributed by atoms with E-state index in [1.165, 1.54) is 17.5 Å². The highest BCUT2D eigenvalue weighted by atomic mass is 16.5. The van der Waals surface area contributed by atoms with Crippen LogP contribution in [0.5, 0.6) is 0 Å². The summed E-state index contributed by atoms with van der Waals surface area (Å²) in [6, 6.07) is 9.33. The Morgan fingerprint density at radius 1 is 1.25 bits per heavy atom. The van der Waals surface area contributed by atoms with Gasteiger partial charge in [-0.3, -0.25) is 4.90 Å². The van der Waals surface area contributed by atoms with E-state index in [0.717, 1.165) is 32.8 Å². The molecule has 0 aliphatic rings. The zero-order chi connectivity index (χ0) is 14.8. The van der Waals surface area contributed by atoms with Crippen LogP contribution in [0.15, 0.2) is 24.3 Å². The van der Waals surface area contributed by atoms with Gasteiger partial charge in [-0.25, -0.2) is 0 Å². The van der Waals surface area contributed by atoms with E-state index < -0.39 is 0 Å². The Morgan fingerprint density at radius 2 is 2.00 bits per heavy atom. The average molecular weight is 278 g/mol. The van der Waals surface area contributed by atoms with E-state index in [-0.39, 0.29) is 0 Å². The van der Waals surface area contributed by atoms with E-state index in [2.05, 4.69) is 55.3 Å². The third-order valence-electron chi connectivity index (χ3n) is 3.57. The van der Waals surface area contributed by atoms with Crippen LogP contribution >= 0.6 is 0 Å². The molecule has 0 spiro atoms. The highest BCUT2D eigenvalue weighted by Gasteiger charge is 2.12. The zero-order valence-corrected chi connectivity index (χ0v) is 13.5. The van der Waals surface area contributed by atoms with Gasteiger partial charge in [0.2, 0.25) is 0 Å². The van der Waals surface area contributed by atoms with Crippen molar-refractivity contribution in [1.29, 1.82) is 0 Å². The summed E-state index contributed by atoms with van der Waals surface area (Å²) in [5.41, 5.74) is 2.75. The largest absolute Gasteiger partial charge is 0.383 e. The fourth-order valence-electron chi connectivity index (χ4n) is 2.41. The third-order valence-corrected chi connectivity index (χ3v) is 3.57. The Kier molecular flexibility index (Phi) is 8.51. The lowest BCUT2D eigenvalue weighted by Crippen LogP contribution is -2.35. The summed E-state index contributed by atoms with van der Waals surface area (Å²) in [7, 11) is 1.77. The number of benzene rings is 1. The molecular weight excluding hydrogens is 248 g/mol. The van der Waals surface area contributed by atoms with E-state index >= 15 is 0 Å². The molecule has 0 aliphatic heterocycles. The summed E-state index contributed by atoms with van der Waals surface area (Å²) in [6.45, 7) is 11.5. The third kappa shape index (κ3) is 6.04. The van der Waals surface area contributed by atoms with Gasteiger partial charge < -0.3 is 10.1 Å². The highest BCUT2D eigenvalue weighted by molar-refractivity contribution is 5.23. The minimum atomic E-state index is 0.451. The zero-order valence-electron chi connectivity index (χ0n) is 13.5. The maximum atomic E-state index is 5.26. The van der Waals surface area contributed by atoms with E-state index in [0.29, 0.717) is 6.04 Å². The quantitative estimate of drug-likeness (QED) is 0.666. The van der Waals surface area contributed by atoms with E-state index in [1.807, 2.05) is 0 Å². The van der Waals surface area contributed by atoms with Crippen molar-refractivity contribution in [3.05, 3.63) is 35.4 Å². The standard InChI is InChI=1S/C17H30N2O/c1-5-10-18-12-16-8-7-9-17(11-16)13-19(6-2)15(3)14-20-4/h7-9,11,15,18H,5-6,10,12-14H2,1-4H3. The molecule has 0 radical (unpaired) electrons. The fourth-order valence-corrected chi connectivity index (χ4v) is 2.41. The van der Waals surface area contributed by atoms with E-state index in [4.69, 9.17) is 4.74 Å². The molecule has 1 atom stereocenters. The Labute approximate surface area is 124 Å². The van der Waals surface area contributed by atoms with E-state index in [9.17, 15) is 0 Å². The summed E-state index contributed by atoms with van der Waals surface area (Å²) in [4.78, 5) is 2.45. The van der Waals surface area contributed by atoms with Gasteiger partial charge in [0.25, 0.3) is 0 Å². The Hall–Kier alpha value is -0.900. The number of nitrogens with one attached hydrogen (secondary N) is 1. The molecule has 3 heteroatoms. The maximum Gasteiger partial charge on any atom is 0.0615 e. The monoisotopic (exact) mass is 278 g/mol. The first-order chi connectivity index (χ1) is 9.71. The minimum Gasteiger partial charge on any atom is -0.383 e. The van der Waals surface area contributed by atoms with Gasteiger partial charge in [-0.15, -0.1) is 0 Å². The summed E-state index contributed by atoms with van der Waals surface area (Å²) >= 11 is 0. The topological polar surface area (TPSA) is 24.5 Å². The predicted octanol–water partition coefficient (Wildman–Crippen LogP) is 3.04. The minimum absolute atomic E-state index is 0.451. The summed E-state index contributed by atoms with van der Waals surface area (Å²) in [5.74, 6) is 0. The molecule has 1 rings (SSSR count). The van der Waals surface area contributed by atoms with Crippen LogP contribution in [0.1, 0.15) is 38.3 Å². The van der Waals surface area contributed by atoms with Crippen molar-refractivity contribution in [1.82, 2.24) is 10.2 Å². The van der Waals surface area contributed by atoms with Gasteiger partial charge in [-0.1, -0.05) is 38.1 Å². The van der Waals surface area contributed by atoms with Crippen molar-refractivity contribution in [2.75, 3.05) is 26.8 Å². The van der Waals surface area contributed by atoms with Crippen molar-refractivity contribution in [2.24, 2.45) is 0 Å². The van der Waals surface area contributed by atoms with Gasteiger partial charge in [0.15, 0.2) is 0 Å². The lowest BCUT2D eigenvalue weighted by Gasteiger charge is -2.27. The number of hydrogen-bond donors (Lipinski definition) is 1. The second-order valence-corrected chi connectivity index (χ2v) is 5.36. The SMILES string of the molecule is CCCNCc1cccc(CN(CC)C(C)COC)c1. The van der Waals surface area contributed by atoms with Crippen LogP contribution in [-0.4, -0.2) is 37.7 Å². The molecule has 114 valence electrons. The molecule has 0 fully saturated rings. The summed E-state index contributed by atoms with van der Waals surface area (Å²) in [6.07, 6.45) is 1.18. The van der Waals surface area contributed by atoms with Crippen molar-refractivity contribution in [3.63, 3.8) is 0 Å². The smallest absolute Gasteiger partial charge is 0.0615 e. The molecule has 1 aromatic carbocycles. The normalized spacial score (nSPS) is 12.8. The van der Waals surface area contributed by atoms with Gasteiger partial charge in [-0.2, -0.15) is 0 Å². The molecule has 0 bridgehead atoms. The van der Waals surface area contributed by atoms with Crippen LogP contribution in [0.3, 0.4) is 0 Å². The number of hydrogen-bond acceptors (Lipinski definition) is 3. The molecule has 0 heterocycles. The Morgan fingerprint density at radius 3 is 2.65 bits per heavy atom. The second kappa shape index (κ2) is 9.92. The van der Waals surface area contributed by atoms with Gasteiger partial charge >= 0.3 is 0 Å². The van der Waals surface area contributed by atoms with Gasteiger partial charge in [0, 0.05) is 26.2 Å². The lowest BCUT2D eigenvalue weighted by molar-refractivity contribution is 0.0982. The first-order valence-corrected chi connectivity index (χ1v) is 7.72. The van der Waals surface area contributed by atoms with Crippen LogP contribution in [0, 0.1) is 0 Å². The van der Waals surface area contributed by atoms with Crippen molar-refractivity contribution < 1.29 is 4.74 Å². The molecular formula is C17H30N2O. The predicted molar refractivity (Wildman–Crippen MR) is 85.9 cm³/mol. The number of rotatable bonds is 10. The highest BCUT2D eigenvalue weighted by Crippen LogP contribution is 2.11. The molecule has 1 aromatic rings. The van der Waals surface area contributed by atoms with Crippen LogP contribution in [0.4, 0.5) is 0 Å². The maximum absolute atomic E-state index is 5.26. The molecule has 20 heavy (non-hydrogen) atoms. The molecule has 0 aromatic heterocycles. The Bertz CT molecular complexity index is 368. The Balaban J connectivity index is 2.59. The molecule has 1 N–H and O–H groups in total. The first-order valence-electron chi connectivity index (χ1n) is 7.72. The van der Waals surface area contributed by atoms with Gasteiger partial charge in [0.05, 0.1) is 6.61 Å². The van der Waals surface area contributed by atoms with Crippen LogP contribution in [-0.2, 0) is 17.8 Å². The number of likely N-dealkylation sites (N-methyl/N-ethyl adjacent to an activating group) is 1. The number of nitrogens with zero attached hydrogens (tertiary/aromatic N) is 1. The van der Waals surface area contributed by atoms with Crippen molar-refractivity contribution in [2.45, 2.75) is 46.3 Å². The molecule has 3 nitrogen and oxygen atoms in total. The van der Waals surface area contributed by atoms with Crippen molar-refractivity contribution in [3.8, 4) is 0 Å². The van der Waals surface area contributed by atoms with Gasteiger partial charge in [-0.05, 0) is 37.6 Å². The van der Waals surface area contributed by atoms with Crippen LogP contribution in [0.2, 0.25) is 0 Å². The first kappa shape index (κ1) is 17.2. The fraction of sp³-hybridized carbons (Fsp3) is 0.647. The van der Waals surface area contributed by atoms with Crippen molar-refractivity contribution >= 4 is 0 Å². The lowest BCUT2D eigenvalue weighted by atomic mass is 10.1. The van der Waals surface area contributed by atoms with E-state index in [1.54, 1.807) is 7.11 Å². The molecule has 0 aliphatic carbocycles. The molecule has 1 unspecified atom stereocenters. The van der Waals surface area contributed by atoms with Gasteiger partial charge in [0.1, 0.15) is 0 Å². The van der Waals surface area contributed by atoms with Crippen LogP contribution < -0.4 is 5.32 Å².